The average molecular weight is 158 g/mol. The standard InChI is InChI=1S/C11H10O/c12-10-6-2-5-9-11-7-3-1-4-8-11/h1,3-4,7-8,10H,5,9H2. The first-order valence-corrected chi connectivity index (χ1v) is 3.89. The molecule has 0 aliphatic heterocycles. The van der Waals surface area contributed by atoms with Crippen LogP contribution in [0.3, 0.4) is 0 Å². The normalized spacial score (nSPS) is 8.33. The number of hydrogen-bond acceptors (Lipinski definition) is 1. The summed E-state index contributed by atoms with van der Waals surface area (Å²) in [4.78, 5) is 9.84. The van der Waals surface area contributed by atoms with Gasteiger partial charge in [-0.15, -0.1) is 0 Å². The Kier molecular flexibility index (Phi) is 3.67. The van der Waals surface area contributed by atoms with Crippen molar-refractivity contribution in [1.82, 2.24) is 0 Å². The highest BCUT2D eigenvalue weighted by molar-refractivity contribution is 5.72. The van der Waals surface area contributed by atoms with Gasteiger partial charge in [0, 0.05) is 6.42 Å². The second-order valence-electron chi connectivity index (χ2n) is 2.42. The van der Waals surface area contributed by atoms with Crippen LogP contribution in [0.1, 0.15) is 12.0 Å². The summed E-state index contributed by atoms with van der Waals surface area (Å²) in [6.45, 7) is 0. The molecular formula is C11H10O. The number of aldehydes is 1. The van der Waals surface area contributed by atoms with Gasteiger partial charge in [0.15, 0.2) is 6.29 Å². The first kappa shape index (κ1) is 8.55. The quantitative estimate of drug-likeness (QED) is 0.474. The lowest BCUT2D eigenvalue weighted by Gasteiger charge is -1.93. The minimum absolute atomic E-state index is 0.630. The summed E-state index contributed by atoms with van der Waals surface area (Å²) in [5.74, 6) is 5.15. The van der Waals surface area contributed by atoms with E-state index in [1.807, 2.05) is 18.2 Å². The Balaban J connectivity index is 2.38. The van der Waals surface area contributed by atoms with Gasteiger partial charge in [-0.1, -0.05) is 36.3 Å². The fourth-order valence-electron chi connectivity index (χ4n) is 0.965. The number of carbonyl (C=O) groups excluding carboxylic acids is 1. The molecular weight excluding hydrogens is 148 g/mol. The molecule has 0 saturated carbocycles. The van der Waals surface area contributed by atoms with E-state index < -0.39 is 0 Å². The molecule has 0 aliphatic rings. The molecule has 0 aliphatic carbocycles. The summed E-state index contributed by atoms with van der Waals surface area (Å²) in [5.41, 5.74) is 1.26. The number of carbonyl (C=O) groups is 1. The van der Waals surface area contributed by atoms with Crippen molar-refractivity contribution in [3.63, 3.8) is 0 Å². The topological polar surface area (TPSA) is 17.1 Å². The molecule has 0 N–H and O–H groups in total. The molecule has 0 fully saturated rings. The zero-order valence-corrected chi connectivity index (χ0v) is 6.79. The van der Waals surface area contributed by atoms with E-state index in [4.69, 9.17) is 0 Å². The fraction of sp³-hybridized carbons (Fsp3) is 0.182. The maximum absolute atomic E-state index is 9.84. The Morgan fingerprint density at radius 3 is 2.67 bits per heavy atom. The zero-order valence-electron chi connectivity index (χ0n) is 6.79. The molecule has 0 radical (unpaired) electrons. The summed E-state index contributed by atoms with van der Waals surface area (Å²) in [5, 5.41) is 0. The summed E-state index contributed by atoms with van der Waals surface area (Å²) in [6.07, 6.45) is 2.30. The van der Waals surface area contributed by atoms with Gasteiger partial charge in [0.2, 0.25) is 0 Å². The molecule has 1 rings (SSSR count). The largest absolute Gasteiger partial charge is 0.289 e. The first-order valence-electron chi connectivity index (χ1n) is 3.89. The van der Waals surface area contributed by atoms with Crippen molar-refractivity contribution in [3.8, 4) is 11.8 Å². The minimum Gasteiger partial charge on any atom is -0.289 e. The molecule has 60 valence electrons. The number of benzene rings is 1. The molecule has 0 aromatic heterocycles. The lowest BCUT2D eigenvalue weighted by Crippen LogP contribution is -1.81. The lowest BCUT2D eigenvalue weighted by molar-refractivity contribution is -0.103. The maximum atomic E-state index is 9.84. The molecule has 0 saturated heterocycles. The zero-order chi connectivity index (χ0) is 8.65. The molecule has 0 unspecified atom stereocenters. The summed E-state index contributed by atoms with van der Waals surface area (Å²) < 4.78 is 0. The predicted octanol–water partition coefficient (Wildman–Crippen LogP) is 1.82. The van der Waals surface area contributed by atoms with Crippen molar-refractivity contribution in [3.05, 3.63) is 35.9 Å². The van der Waals surface area contributed by atoms with Crippen molar-refractivity contribution in [2.45, 2.75) is 12.8 Å². The van der Waals surface area contributed by atoms with E-state index in [0.717, 1.165) is 12.8 Å². The van der Waals surface area contributed by atoms with E-state index in [1.54, 1.807) is 0 Å². The van der Waals surface area contributed by atoms with Crippen molar-refractivity contribution < 1.29 is 4.79 Å². The monoisotopic (exact) mass is 158 g/mol. The van der Waals surface area contributed by atoms with Gasteiger partial charge in [0.25, 0.3) is 0 Å². The van der Waals surface area contributed by atoms with Gasteiger partial charge < -0.3 is 0 Å². The van der Waals surface area contributed by atoms with Crippen LogP contribution in [0, 0.1) is 11.8 Å². The Labute approximate surface area is 72.4 Å². The van der Waals surface area contributed by atoms with Crippen LogP contribution in [0.5, 0.6) is 0 Å². The van der Waals surface area contributed by atoms with Crippen LogP contribution in [-0.4, -0.2) is 6.29 Å². The average Bonchev–Trinajstić information content (AvgIpc) is 2.14. The van der Waals surface area contributed by atoms with E-state index >= 15 is 0 Å². The van der Waals surface area contributed by atoms with Crippen molar-refractivity contribution in [2.75, 3.05) is 0 Å². The SMILES string of the molecule is O=CC#CCCc1ccccc1. The van der Waals surface area contributed by atoms with Crippen molar-refractivity contribution >= 4 is 6.29 Å². The van der Waals surface area contributed by atoms with Crippen LogP contribution < -0.4 is 0 Å². The van der Waals surface area contributed by atoms with Gasteiger partial charge in [-0.3, -0.25) is 4.79 Å². The molecule has 0 heterocycles. The van der Waals surface area contributed by atoms with E-state index in [0.29, 0.717) is 6.29 Å². The van der Waals surface area contributed by atoms with Crippen LogP contribution in [0.2, 0.25) is 0 Å². The Hall–Kier alpha value is -1.55. The molecule has 12 heavy (non-hydrogen) atoms. The molecule has 1 heteroatoms. The number of aryl methyl sites for hydroxylation is 1. The summed E-state index contributed by atoms with van der Waals surface area (Å²) in [7, 11) is 0. The van der Waals surface area contributed by atoms with Gasteiger partial charge in [-0.25, -0.2) is 0 Å². The third-order valence-electron chi connectivity index (χ3n) is 1.54. The Morgan fingerprint density at radius 1 is 1.25 bits per heavy atom. The van der Waals surface area contributed by atoms with Gasteiger partial charge in [0.1, 0.15) is 0 Å². The minimum atomic E-state index is 0.630. The lowest BCUT2D eigenvalue weighted by atomic mass is 10.1. The summed E-state index contributed by atoms with van der Waals surface area (Å²) in [6, 6.07) is 10.1. The van der Waals surface area contributed by atoms with Gasteiger partial charge >= 0.3 is 0 Å². The fourth-order valence-corrected chi connectivity index (χ4v) is 0.965. The molecule has 0 bridgehead atoms. The van der Waals surface area contributed by atoms with Crippen LogP contribution in [0.4, 0.5) is 0 Å². The van der Waals surface area contributed by atoms with Crippen LogP contribution >= 0.6 is 0 Å². The van der Waals surface area contributed by atoms with Crippen LogP contribution in [0.15, 0.2) is 30.3 Å². The maximum Gasteiger partial charge on any atom is 0.192 e. The third-order valence-corrected chi connectivity index (χ3v) is 1.54. The van der Waals surface area contributed by atoms with Crippen molar-refractivity contribution in [2.24, 2.45) is 0 Å². The van der Waals surface area contributed by atoms with Gasteiger partial charge in [-0.05, 0) is 17.9 Å². The number of hydrogen-bond donors (Lipinski definition) is 0. The highest BCUT2D eigenvalue weighted by Crippen LogP contribution is 2.00. The first-order chi connectivity index (χ1) is 5.93. The van der Waals surface area contributed by atoms with Crippen molar-refractivity contribution in [1.29, 1.82) is 0 Å². The highest BCUT2D eigenvalue weighted by atomic mass is 16.1. The van der Waals surface area contributed by atoms with Gasteiger partial charge in [0.05, 0.1) is 0 Å². The second-order valence-corrected chi connectivity index (χ2v) is 2.42. The summed E-state index contributed by atoms with van der Waals surface area (Å²) >= 11 is 0. The Bertz CT molecular complexity index is 290. The predicted molar refractivity (Wildman–Crippen MR) is 48.6 cm³/mol. The molecule has 0 spiro atoms. The molecule has 0 atom stereocenters. The van der Waals surface area contributed by atoms with E-state index in [-0.39, 0.29) is 0 Å². The van der Waals surface area contributed by atoms with E-state index in [1.165, 1.54) is 5.56 Å². The molecule has 0 amide bonds. The molecule has 1 nitrogen and oxygen atoms in total. The highest BCUT2D eigenvalue weighted by Gasteiger charge is 1.86. The Morgan fingerprint density at radius 2 is 2.00 bits per heavy atom. The van der Waals surface area contributed by atoms with E-state index in [2.05, 4.69) is 24.0 Å². The number of rotatable bonds is 2. The van der Waals surface area contributed by atoms with Crippen LogP contribution in [0.25, 0.3) is 0 Å². The van der Waals surface area contributed by atoms with Gasteiger partial charge in [-0.2, -0.15) is 0 Å². The molecule has 1 aromatic rings. The third kappa shape index (κ3) is 3.03. The smallest absolute Gasteiger partial charge is 0.192 e. The molecule has 1 aromatic carbocycles. The second kappa shape index (κ2) is 5.15. The van der Waals surface area contributed by atoms with E-state index in [9.17, 15) is 4.79 Å². The van der Waals surface area contributed by atoms with Crippen LogP contribution in [-0.2, 0) is 11.2 Å².